The number of rotatable bonds is 7. The molecule has 0 bridgehead atoms. The highest BCUT2D eigenvalue weighted by Gasteiger charge is 2.11. The van der Waals surface area contributed by atoms with E-state index in [0.717, 1.165) is 32.1 Å². The van der Waals surface area contributed by atoms with Crippen molar-refractivity contribution in [2.24, 2.45) is 5.92 Å². The van der Waals surface area contributed by atoms with E-state index in [4.69, 9.17) is 0 Å². The molecule has 1 aliphatic rings. The summed E-state index contributed by atoms with van der Waals surface area (Å²) in [4.78, 5) is 0. The highest BCUT2D eigenvalue weighted by Crippen LogP contribution is 2.28. The maximum atomic E-state index is 3.93. The Morgan fingerprint density at radius 3 is 2.25 bits per heavy atom. The van der Waals surface area contributed by atoms with Crippen molar-refractivity contribution < 1.29 is 0 Å². The molecule has 0 saturated heterocycles. The van der Waals surface area contributed by atoms with Gasteiger partial charge in [-0.05, 0) is 60.3 Å². The third kappa shape index (κ3) is 4.37. The lowest BCUT2D eigenvalue weighted by atomic mass is 9.87. The van der Waals surface area contributed by atoms with Crippen LogP contribution in [0.5, 0.6) is 0 Å². The van der Waals surface area contributed by atoms with Crippen molar-refractivity contribution in [2.45, 2.75) is 59.8 Å². The van der Waals surface area contributed by atoms with Gasteiger partial charge in [0.1, 0.15) is 0 Å². The minimum Gasteiger partial charge on any atom is -0.0988 e. The van der Waals surface area contributed by atoms with Crippen LogP contribution < -0.4 is 0 Å². The molecule has 0 nitrogen and oxygen atoms in total. The first-order valence-corrected chi connectivity index (χ1v) is 8.12. The van der Waals surface area contributed by atoms with Crippen molar-refractivity contribution in [3.8, 4) is 0 Å². The number of hydrogen-bond donors (Lipinski definition) is 0. The van der Waals surface area contributed by atoms with Gasteiger partial charge in [-0.2, -0.15) is 0 Å². The molecule has 1 atom stereocenters. The summed E-state index contributed by atoms with van der Waals surface area (Å²) in [6.45, 7) is 12.9. The van der Waals surface area contributed by atoms with Crippen molar-refractivity contribution in [3.63, 3.8) is 0 Å². The average molecular weight is 270 g/mol. The first kappa shape index (κ1) is 16.8. The van der Waals surface area contributed by atoms with Gasteiger partial charge in [0.15, 0.2) is 0 Å². The van der Waals surface area contributed by atoms with Crippen LogP contribution in [0.3, 0.4) is 0 Å². The fourth-order valence-electron chi connectivity index (χ4n) is 2.89. The first-order valence-electron chi connectivity index (χ1n) is 8.12. The fourth-order valence-corrected chi connectivity index (χ4v) is 2.89. The summed E-state index contributed by atoms with van der Waals surface area (Å²) in [6, 6.07) is 0. The topological polar surface area (TPSA) is 0 Å². The molecule has 0 aromatic heterocycles. The molecule has 1 unspecified atom stereocenters. The van der Waals surface area contributed by atoms with E-state index in [2.05, 4.69) is 58.6 Å². The molecule has 0 N–H and O–H groups in total. The zero-order valence-corrected chi connectivity index (χ0v) is 13.7. The first-order chi connectivity index (χ1) is 9.69. The Morgan fingerprint density at radius 1 is 1.10 bits per heavy atom. The van der Waals surface area contributed by atoms with Gasteiger partial charge in [0.05, 0.1) is 0 Å². The van der Waals surface area contributed by atoms with Crippen LogP contribution in [-0.4, -0.2) is 0 Å². The normalized spacial score (nSPS) is 20.5. The van der Waals surface area contributed by atoms with E-state index in [1.165, 1.54) is 16.7 Å². The Bertz CT molecular complexity index is 441. The fraction of sp³-hybridized carbons (Fsp3) is 0.500. The third-order valence-electron chi connectivity index (χ3n) is 4.19. The van der Waals surface area contributed by atoms with Crippen molar-refractivity contribution in [1.82, 2.24) is 0 Å². The minimum atomic E-state index is 0.560. The van der Waals surface area contributed by atoms with Gasteiger partial charge in [0.2, 0.25) is 0 Å². The lowest BCUT2D eigenvalue weighted by Crippen LogP contribution is -2.02. The summed E-state index contributed by atoms with van der Waals surface area (Å²) in [5.74, 6) is 0.560. The maximum Gasteiger partial charge on any atom is -0.000962 e. The van der Waals surface area contributed by atoms with Gasteiger partial charge in [-0.25, -0.2) is 0 Å². The van der Waals surface area contributed by atoms with Crippen LogP contribution in [-0.2, 0) is 0 Å². The van der Waals surface area contributed by atoms with E-state index in [9.17, 15) is 0 Å². The van der Waals surface area contributed by atoms with Crippen LogP contribution in [0.25, 0.3) is 0 Å². The van der Waals surface area contributed by atoms with Crippen LogP contribution in [0, 0.1) is 5.92 Å². The molecule has 0 amide bonds. The molecule has 0 saturated carbocycles. The molecule has 0 aliphatic heterocycles. The Labute approximate surface area is 125 Å². The van der Waals surface area contributed by atoms with Crippen molar-refractivity contribution in [1.29, 1.82) is 0 Å². The van der Waals surface area contributed by atoms with Crippen LogP contribution in [0.15, 0.2) is 59.3 Å². The highest BCUT2D eigenvalue weighted by atomic mass is 14.2. The SMILES string of the molecule is C=C/C(CC)=C(\C=C/C1C=C(CC)C(CC)=CC1)CC. The van der Waals surface area contributed by atoms with E-state index >= 15 is 0 Å². The Morgan fingerprint density at radius 2 is 1.75 bits per heavy atom. The van der Waals surface area contributed by atoms with Crippen molar-refractivity contribution >= 4 is 0 Å². The summed E-state index contributed by atoms with van der Waals surface area (Å²) in [5, 5.41) is 0. The lowest BCUT2D eigenvalue weighted by Gasteiger charge is -2.18. The smallest absolute Gasteiger partial charge is 0.000962 e. The third-order valence-corrected chi connectivity index (χ3v) is 4.19. The monoisotopic (exact) mass is 270 g/mol. The van der Waals surface area contributed by atoms with Gasteiger partial charge in [-0.1, -0.05) is 64.7 Å². The van der Waals surface area contributed by atoms with Crippen LogP contribution in [0.1, 0.15) is 59.8 Å². The predicted molar refractivity (Wildman–Crippen MR) is 91.8 cm³/mol. The second kappa shape index (κ2) is 8.79. The molecule has 0 heterocycles. The summed E-state index contributed by atoms with van der Waals surface area (Å²) < 4.78 is 0. The average Bonchev–Trinajstić information content (AvgIpc) is 2.51. The van der Waals surface area contributed by atoms with Crippen molar-refractivity contribution in [3.05, 3.63) is 59.3 Å². The van der Waals surface area contributed by atoms with Crippen molar-refractivity contribution in [2.75, 3.05) is 0 Å². The summed E-state index contributed by atoms with van der Waals surface area (Å²) in [6.07, 6.45) is 17.2. The lowest BCUT2D eigenvalue weighted by molar-refractivity contribution is 0.779. The van der Waals surface area contributed by atoms with E-state index in [-0.39, 0.29) is 0 Å². The van der Waals surface area contributed by atoms with Gasteiger partial charge >= 0.3 is 0 Å². The standard InChI is InChI=1S/C20H30/c1-6-17(7-2)18(8-3)13-11-16-12-14-19(9-4)20(10-5)15-16/h6,11,13-16H,1,7-10,12H2,2-5H3/b13-11-,18-17+. The second-order valence-electron chi connectivity index (χ2n) is 5.35. The highest BCUT2D eigenvalue weighted by molar-refractivity contribution is 5.37. The van der Waals surface area contributed by atoms with Gasteiger partial charge in [0, 0.05) is 0 Å². The van der Waals surface area contributed by atoms with E-state index < -0.39 is 0 Å². The van der Waals surface area contributed by atoms with Gasteiger partial charge in [0.25, 0.3) is 0 Å². The molecule has 0 heteroatoms. The molecule has 1 rings (SSSR count). The van der Waals surface area contributed by atoms with Crippen LogP contribution in [0.4, 0.5) is 0 Å². The summed E-state index contributed by atoms with van der Waals surface area (Å²) >= 11 is 0. The van der Waals surface area contributed by atoms with E-state index in [0.29, 0.717) is 5.92 Å². The largest absolute Gasteiger partial charge is 0.0988 e. The van der Waals surface area contributed by atoms with E-state index in [1.807, 2.05) is 6.08 Å². The number of hydrogen-bond acceptors (Lipinski definition) is 0. The molecule has 0 radical (unpaired) electrons. The minimum absolute atomic E-state index is 0.560. The Kier molecular flexibility index (Phi) is 7.36. The zero-order valence-electron chi connectivity index (χ0n) is 13.7. The van der Waals surface area contributed by atoms with E-state index in [1.54, 1.807) is 5.57 Å². The molecule has 0 spiro atoms. The molecule has 0 aromatic rings. The molecular formula is C20H30. The summed E-state index contributed by atoms with van der Waals surface area (Å²) in [5.41, 5.74) is 5.89. The van der Waals surface area contributed by atoms with Gasteiger partial charge < -0.3 is 0 Å². The molecular weight excluding hydrogens is 240 g/mol. The van der Waals surface area contributed by atoms with Gasteiger partial charge in [-0.3, -0.25) is 0 Å². The zero-order chi connectivity index (χ0) is 15.0. The number of allylic oxidation sites excluding steroid dienone is 9. The maximum absolute atomic E-state index is 3.93. The van der Waals surface area contributed by atoms with Crippen LogP contribution in [0.2, 0.25) is 0 Å². The molecule has 110 valence electrons. The quantitative estimate of drug-likeness (QED) is 0.461. The molecule has 1 aliphatic carbocycles. The molecule has 0 fully saturated rings. The second-order valence-corrected chi connectivity index (χ2v) is 5.35. The molecule has 20 heavy (non-hydrogen) atoms. The predicted octanol–water partition coefficient (Wildman–Crippen LogP) is 6.54. The Balaban J connectivity index is 2.87. The Hall–Kier alpha value is -1.30. The van der Waals surface area contributed by atoms with Crippen LogP contribution >= 0.6 is 0 Å². The van der Waals surface area contributed by atoms with Gasteiger partial charge in [-0.15, -0.1) is 0 Å². The molecule has 0 aromatic carbocycles. The summed E-state index contributed by atoms with van der Waals surface area (Å²) in [7, 11) is 0.